The average Bonchev–Trinajstić information content (AvgIpc) is 2.62. The van der Waals surface area contributed by atoms with Crippen LogP contribution in [0.25, 0.3) is 0 Å². The second kappa shape index (κ2) is 18.0. The van der Waals surface area contributed by atoms with Gasteiger partial charge in [-0.2, -0.15) is 0 Å². The van der Waals surface area contributed by atoms with Gasteiger partial charge in [0.25, 0.3) is 0 Å². The summed E-state index contributed by atoms with van der Waals surface area (Å²) in [5, 5.41) is 0. The molecule has 0 saturated carbocycles. The molecule has 0 heterocycles. The normalized spacial score (nSPS) is 11.1. The van der Waals surface area contributed by atoms with Gasteiger partial charge in [-0.25, -0.2) is 0 Å². The fraction of sp³-hybridized carbons (Fsp3) is 0.609. The first-order chi connectivity index (χ1) is 11.5. The smallest absolute Gasteiger partial charge is 0.155 e. The van der Waals surface area contributed by atoms with Crippen LogP contribution in [0.1, 0.15) is 84.8 Å². The van der Waals surface area contributed by atoms with Crippen LogP contribution in [-0.4, -0.2) is 5.78 Å². The molecule has 0 aliphatic heterocycles. The van der Waals surface area contributed by atoms with Crippen molar-refractivity contribution in [3.8, 4) is 0 Å². The molecule has 0 fully saturated rings. The molecule has 1 atom stereocenters. The van der Waals surface area contributed by atoms with E-state index in [0.29, 0.717) is 12.3 Å². The van der Waals surface area contributed by atoms with Gasteiger partial charge in [0.2, 0.25) is 0 Å². The molecule has 1 unspecified atom stereocenters. The van der Waals surface area contributed by atoms with Crippen LogP contribution in [0.5, 0.6) is 0 Å². The number of carbonyl (C=O) groups is 1. The Morgan fingerprint density at radius 2 is 1.79 bits per heavy atom. The molecular weight excluding hydrogens is 292 g/mol. The largest absolute Gasteiger partial charge is 0.295 e. The van der Waals surface area contributed by atoms with Crippen LogP contribution >= 0.6 is 0 Å². The Morgan fingerprint density at radius 1 is 1.12 bits per heavy atom. The summed E-state index contributed by atoms with van der Waals surface area (Å²) in [5.74, 6) is 0.796. The van der Waals surface area contributed by atoms with E-state index in [-0.39, 0.29) is 5.78 Å². The zero-order valence-electron chi connectivity index (χ0n) is 17.2. The summed E-state index contributed by atoms with van der Waals surface area (Å²) in [7, 11) is 0. The van der Waals surface area contributed by atoms with Crippen molar-refractivity contribution in [3.05, 3.63) is 47.5 Å². The number of aryl methyl sites for hydroxylation is 2. The lowest BCUT2D eigenvalue weighted by molar-refractivity contribution is -0.114. The SMILES string of the molecule is CC.CCCCCC(C)/C=C\C(=O)CC.CCc1cccc(C)c1. The van der Waals surface area contributed by atoms with Crippen molar-refractivity contribution in [2.45, 2.75) is 87.0 Å². The first-order valence-corrected chi connectivity index (χ1v) is 9.79. The fourth-order valence-electron chi connectivity index (χ4n) is 2.13. The van der Waals surface area contributed by atoms with Gasteiger partial charge in [0.05, 0.1) is 0 Å². The van der Waals surface area contributed by atoms with E-state index in [4.69, 9.17) is 0 Å². The van der Waals surface area contributed by atoms with E-state index in [0.717, 1.165) is 6.42 Å². The quantitative estimate of drug-likeness (QED) is 0.360. The van der Waals surface area contributed by atoms with Gasteiger partial charge in [-0.3, -0.25) is 4.79 Å². The number of rotatable bonds is 8. The number of hydrogen-bond donors (Lipinski definition) is 0. The number of unbranched alkanes of at least 4 members (excludes halogenated alkanes) is 2. The van der Waals surface area contributed by atoms with E-state index in [9.17, 15) is 4.79 Å². The molecule has 1 heteroatoms. The maximum atomic E-state index is 11.0. The molecule has 0 aliphatic rings. The molecule has 1 aromatic carbocycles. The van der Waals surface area contributed by atoms with Crippen molar-refractivity contribution in [2.24, 2.45) is 5.92 Å². The number of allylic oxidation sites excluding steroid dienone is 2. The first kappa shape index (κ1) is 24.9. The second-order valence-corrected chi connectivity index (χ2v) is 5.99. The second-order valence-electron chi connectivity index (χ2n) is 5.99. The molecule has 1 nitrogen and oxygen atoms in total. The zero-order valence-corrected chi connectivity index (χ0v) is 17.2. The zero-order chi connectivity index (χ0) is 18.8. The summed E-state index contributed by atoms with van der Waals surface area (Å²) in [4.78, 5) is 11.0. The molecule has 0 aliphatic carbocycles. The average molecular weight is 333 g/mol. The summed E-state index contributed by atoms with van der Waals surface area (Å²) in [6.07, 6.45) is 10.6. The van der Waals surface area contributed by atoms with E-state index in [2.05, 4.69) is 52.0 Å². The van der Waals surface area contributed by atoms with Gasteiger partial charge in [0.1, 0.15) is 0 Å². The minimum atomic E-state index is 0.238. The summed E-state index contributed by atoms with van der Waals surface area (Å²) in [6, 6.07) is 8.61. The Kier molecular flexibility index (Phi) is 18.6. The van der Waals surface area contributed by atoms with E-state index < -0.39 is 0 Å². The summed E-state index contributed by atoms with van der Waals surface area (Å²) in [5.41, 5.74) is 2.78. The third-order valence-electron chi connectivity index (χ3n) is 3.71. The molecule has 138 valence electrons. The number of benzene rings is 1. The lowest BCUT2D eigenvalue weighted by Gasteiger charge is -2.03. The van der Waals surface area contributed by atoms with Gasteiger partial charge < -0.3 is 0 Å². The number of hydrogen-bond acceptors (Lipinski definition) is 1. The van der Waals surface area contributed by atoms with Crippen molar-refractivity contribution in [3.63, 3.8) is 0 Å². The van der Waals surface area contributed by atoms with E-state index in [1.807, 2.05) is 26.8 Å². The van der Waals surface area contributed by atoms with Crippen LogP contribution in [0.4, 0.5) is 0 Å². The van der Waals surface area contributed by atoms with Gasteiger partial charge >= 0.3 is 0 Å². The number of ketones is 1. The summed E-state index contributed by atoms with van der Waals surface area (Å²) < 4.78 is 0. The molecule has 0 bridgehead atoms. The molecule has 0 amide bonds. The molecule has 1 rings (SSSR count). The Balaban J connectivity index is 0. The predicted octanol–water partition coefficient (Wildman–Crippen LogP) is 7.32. The van der Waals surface area contributed by atoms with Gasteiger partial charge in [0.15, 0.2) is 5.78 Å². The third-order valence-corrected chi connectivity index (χ3v) is 3.71. The van der Waals surface area contributed by atoms with E-state index >= 15 is 0 Å². The molecule has 1 aromatic rings. The lowest BCUT2D eigenvalue weighted by Crippen LogP contribution is -1.93. The predicted molar refractivity (Wildman–Crippen MR) is 110 cm³/mol. The highest BCUT2D eigenvalue weighted by Crippen LogP contribution is 2.10. The van der Waals surface area contributed by atoms with Crippen LogP contribution in [0.15, 0.2) is 36.4 Å². The minimum Gasteiger partial charge on any atom is -0.295 e. The van der Waals surface area contributed by atoms with Gasteiger partial charge in [0, 0.05) is 6.42 Å². The van der Waals surface area contributed by atoms with Crippen LogP contribution in [0.2, 0.25) is 0 Å². The Labute approximate surface area is 151 Å². The van der Waals surface area contributed by atoms with Crippen molar-refractivity contribution in [1.82, 2.24) is 0 Å². The van der Waals surface area contributed by atoms with Crippen molar-refractivity contribution >= 4 is 5.78 Å². The van der Waals surface area contributed by atoms with Gasteiger partial charge in [-0.05, 0) is 37.3 Å². The fourth-order valence-corrected chi connectivity index (χ4v) is 2.13. The highest BCUT2D eigenvalue weighted by Gasteiger charge is 1.97. The van der Waals surface area contributed by atoms with Crippen molar-refractivity contribution in [1.29, 1.82) is 0 Å². The highest BCUT2D eigenvalue weighted by molar-refractivity contribution is 5.89. The van der Waals surface area contributed by atoms with Gasteiger partial charge in [-0.15, -0.1) is 0 Å². The van der Waals surface area contributed by atoms with E-state index in [1.54, 1.807) is 6.08 Å². The maximum absolute atomic E-state index is 11.0. The minimum absolute atomic E-state index is 0.238. The Hall–Kier alpha value is -1.37. The summed E-state index contributed by atoms with van der Waals surface area (Å²) in [6.45, 7) is 14.6. The molecule has 0 saturated heterocycles. The summed E-state index contributed by atoms with van der Waals surface area (Å²) >= 11 is 0. The molecule has 24 heavy (non-hydrogen) atoms. The van der Waals surface area contributed by atoms with Crippen LogP contribution in [0, 0.1) is 12.8 Å². The number of carbonyl (C=O) groups excluding carboxylic acids is 1. The van der Waals surface area contributed by atoms with Crippen LogP contribution in [0.3, 0.4) is 0 Å². The lowest BCUT2D eigenvalue weighted by atomic mass is 10.0. The standard InChI is InChI=1S/C12H22O.C9H12.C2H6/c1-4-6-7-8-11(3)9-10-12(13)5-2;1-3-9-6-4-5-8(2)7-9;1-2/h9-11H,4-8H2,1-3H3;4-7H,3H2,1-2H3;1-2H3/b10-9-;;. The van der Waals surface area contributed by atoms with Crippen molar-refractivity contribution in [2.75, 3.05) is 0 Å². The molecule has 0 radical (unpaired) electrons. The highest BCUT2D eigenvalue weighted by atomic mass is 16.1. The van der Waals surface area contributed by atoms with Gasteiger partial charge in [-0.1, -0.05) is 96.7 Å². The Morgan fingerprint density at radius 3 is 2.25 bits per heavy atom. The molecule has 0 spiro atoms. The van der Waals surface area contributed by atoms with Crippen LogP contribution in [-0.2, 0) is 11.2 Å². The van der Waals surface area contributed by atoms with E-state index in [1.165, 1.54) is 36.8 Å². The topological polar surface area (TPSA) is 17.1 Å². The molecule has 0 aromatic heterocycles. The first-order valence-electron chi connectivity index (χ1n) is 9.79. The monoisotopic (exact) mass is 332 g/mol. The maximum Gasteiger partial charge on any atom is 0.155 e. The molecule has 0 N–H and O–H groups in total. The Bertz CT molecular complexity index is 431. The van der Waals surface area contributed by atoms with Crippen LogP contribution < -0.4 is 0 Å². The van der Waals surface area contributed by atoms with Crippen molar-refractivity contribution < 1.29 is 4.79 Å². The third kappa shape index (κ3) is 15.5. The molecular formula is C23H40O.